The summed E-state index contributed by atoms with van der Waals surface area (Å²) in [5, 5.41) is 9.21. The van der Waals surface area contributed by atoms with Gasteiger partial charge in [-0.15, -0.1) is 0 Å². The molecule has 0 aromatic heterocycles. The van der Waals surface area contributed by atoms with Crippen molar-refractivity contribution >= 4 is 11.9 Å². The summed E-state index contributed by atoms with van der Waals surface area (Å²) in [6.45, 7) is 1.88. The fourth-order valence-electron chi connectivity index (χ4n) is 3.16. The van der Waals surface area contributed by atoms with Gasteiger partial charge >= 0.3 is 5.97 Å². The molecule has 1 aromatic rings. The summed E-state index contributed by atoms with van der Waals surface area (Å²) in [5.74, 6) is -1.17. The van der Waals surface area contributed by atoms with Crippen molar-refractivity contribution in [3.05, 3.63) is 35.9 Å². The molecule has 0 atom stereocenters. The van der Waals surface area contributed by atoms with Crippen LogP contribution in [0.4, 0.5) is 0 Å². The van der Waals surface area contributed by atoms with Crippen LogP contribution in [0.25, 0.3) is 0 Å². The molecular formula is C18H23NO4. The molecule has 3 rings (SSSR count). The highest BCUT2D eigenvalue weighted by atomic mass is 16.5. The van der Waals surface area contributed by atoms with E-state index in [0.29, 0.717) is 32.5 Å². The molecule has 0 unspecified atom stereocenters. The molecule has 1 aliphatic heterocycles. The van der Waals surface area contributed by atoms with Crippen LogP contribution in [0.5, 0.6) is 0 Å². The van der Waals surface area contributed by atoms with Gasteiger partial charge in [0.25, 0.3) is 0 Å². The van der Waals surface area contributed by atoms with E-state index < -0.39 is 11.4 Å². The van der Waals surface area contributed by atoms with Gasteiger partial charge < -0.3 is 14.7 Å². The monoisotopic (exact) mass is 317 g/mol. The van der Waals surface area contributed by atoms with Crippen molar-refractivity contribution in [2.24, 2.45) is 5.41 Å². The van der Waals surface area contributed by atoms with Crippen molar-refractivity contribution < 1.29 is 19.4 Å². The lowest BCUT2D eigenvalue weighted by atomic mass is 10.0. The summed E-state index contributed by atoms with van der Waals surface area (Å²) in [6, 6.07) is 10.2. The van der Waals surface area contributed by atoms with Crippen molar-refractivity contribution in [2.45, 2.75) is 38.2 Å². The fraction of sp³-hybridized carbons (Fsp3) is 0.556. The van der Waals surface area contributed by atoms with E-state index in [2.05, 4.69) is 12.1 Å². The van der Waals surface area contributed by atoms with Gasteiger partial charge in [0.15, 0.2) is 0 Å². The highest BCUT2D eigenvalue weighted by Gasteiger charge is 2.58. The maximum atomic E-state index is 12.3. The molecule has 1 aliphatic carbocycles. The first kappa shape index (κ1) is 16.0. The average molecular weight is 317 g/mol. The van der Waals surface area contributed by atoms with Gasteiger partial charge in [0.05, 0.1) is 12.7 Å². The molecule has 1 aromatic carbocycles. The molecule has 0 bridgehead atoms. The number of carboxylic acids is 1. The van der Waals surface area contributed by atoms with Gasteiger partial charge in [-0.3, -0.25) is 9.59 Å². The predicted molar refractivity (Wildman–Crippen MR) is 85.0 cm³/mol. The summed E-state index contributed by atoms with van der Waals surface area (Å²) < 4.78 is 5.91. The first-order valence-corrected chi connectivity index (χ1v) is 8.30. The number of carbonyl (C=O) groups is 2. The zero-order valence-corrected chi connectivity index (χ0v) is 13.2. The number of amides is 1. The van der Waals surface area contributed by atoms with Gasteiger partial charge in [0, 0.05) is 13.1 Å². The Labute approximate surface area is 136 Å². The molecule has 0 radical (unpaired) electrons. The number of likely N-dealkylation sites (tertiary alicyclic amines) is 1. The molecule has 0 spiro atoms. The second-order valence-electron chi connectivity index (χ2n) is 6.49. The van der Waals surface area contributed by atoms with Crippen LogP contribution < -0.4 is 0 Å². The quantitative estimate of drug-likeness (QED) is 0.816. The first-order chi connectivity index (χ1) is 11.1. The molecule has 2 fully saturated rings. The third-order valence-electron chi connectivity index (χ3n) is 4.89. The number of ether oxygens (including phenoxy) is 1. The minimum absolute atomic E-state index is 0.169. The molecule has 1 saturated heterocycles. The van der Waals surface area contributed by atoms with Crippen molar-refractivity contribution in [1.29, 1.82) is 0 Å². The Morgan fingerprint density at radius 1 is 1.17 bits per heavy atom. The minimum atomic E-state index is -1.11. The Kier molecular flexibility index (Phi) is 4.66. The topological polar surface area (TPSA) is 66.8 Å². The molecule has 1 heterocycles. The lowest BCUT2D eigenvalue weighted by Gasteiger charge is -2.33. The third-order valence-corrected chi connectivity index (χ3v) is 4.89. The lowest BCUT2D eigenvalue weighted by molar-refractivity contribution is -0.154. The number of rotatable bonds is 6. The van der Waals surface area contributed by atoms with E-state index in [9.17, 15) is 14.7 Å². The maximum absolute atomic E-state index is 12.3. The summed E-state index contributed by atoms with van der Waals surface area (Å²) in [4.78, 5) is 25.3. The van der Waals surface area contributed by atoms with Gasteiger partial charge in [-0.25, -0.2) is 0 Å². The van der Waals surface area contributed by atoms with Crippen molar-refractivity contribution in [2.75, 3.05) is 19.7 Å². The van der Waals surface area contributed by atoms with Crippen molar-refractivity contribution in [3.8, 4) is 0 Å². The summed E-state index contributed by atoms with van der Waals surface area (Å²) >= 11 is 0. The Balaban J connectivity index is 1.40. The number of aliphatic carboxylic acids is 1. The van der Waals surface area contributed by atoms with Crippen molar-refractivity contribution in [1.82, 2.24) is 4.90 Å². The number of nitrogens with zero attached hydrogens (tertiary/aromatic N) is 1. The zero-order valence-electron chi connectivity index (χ0n) is 13.2. The predicted octanol–water partition coefficient (Wildman–Crippen LogP) is 2.10. The highest BCUT2D eigenvalue weighted by Crippen LogP contribution is 2.47. The van der Waals surface area contributed by atoms with Crippen LogP contribution in [-0.2, 0) is 20.7 Å². The lowest BCUT2D eigenvalue weighted by Crippen LogP contribution is -2.46. The number of benzene rings is 1. The fourth-order valence-corrected chi connectivity index (χ4v) is 3.16. The van der Waals surface area contributed by atoms with E-state index in [1.165, 1.54) is 5.56 Å². The van der Waals surface area contributed by atoms with Gasteiger partial charge in [0.2, 0.25) is 5.91 Å². The number of carbonyl (C=O) groups excluding carboxylic acids is 1. The van der Waals surface area contributed by atoms with Crippen LogP contribution in [0, 0.1) is 5.41 Å². The number of piperidine rings is 1. The Hall–Kier alpha value is -1.88. The Bertz CT molecular complexity index is 560. The van der Waals surface area contributed by atoms with E-state index in [4.69, 9.17) is 4.74 Å². The summed E-state index contributed by atoms with van der Waals surface area (Å²) in [7, 11) is 0. The van der Waals surface area contributed by atoms with E-state index in [1.807, 2.05) is 18.2 Å². The standard InChI is InChI=1S/C18H23NO4/c20-16(18(9-10-18)17(21)22)19-11-6-15(7-12-19)23-13-8-14-4-2-1-3-5-14/h1-5,15H,6-13H2,(H,21,22). The molecule has 1 amide bonds. The maximum Gasteiger partial charge on any atom is 0.319 e. The number of carboxylic acid groups (broad SMARTS) is 1. The number of hydrogen-bond donors (Lipinski definition) is 1. The van der Waals surface area contributed by atoms with Crippen LogP contribution >= 0.6 is 0 Å². The van der Waals surface area contributed by atoms with E-state index in [-0.39, 0.29) is 12.0 Å². The molecule has 124 valence electrons. The van der Waals surface area contributed by atoms with Crippen LogP contribution in [0.3, 0.4) is 0 Å². The van der Waals surface area contributed by atoms with E-state index in [0.717, 1.165) is 19.3 Å². The smallest absolute Gasteiger partial charge is 0.319 e. The second kappa shape index (κ2) is 6.71. The molecule has 23 heavy (non-hydrogen) atoms. The molecule has 1 N–H and O–H groups in total. The molecule has 1 saturated carbocycles. The largest absolute Gasteiger partial charge is 0.480 e. The third kappa shape index (κ3) is 3.55. The van der Waals surface area contributed by atoms with Gasteiger partial charge in [0.1, 0.15) is 5.41 Å². The van der Waals surface area contributed by atoms with Crippen LogP contribution in [0.1, 0.15) is 31.2 Å². The Morgan fingerprint density at radius 3 is 2.39 bits per heavy atom. The average Bonchev–Trinajstić information content (AvgIpc) is 3.38. The SMILES string of the molecule is O=C(O)C1(C(=O)N2CCC(OCCc3ccccc3)CC2)CC1. The van der Waals surface area contributed by atoms with E-state index in [1.54, 1.807) is 4.90 Å². The zero-order chi connectivity index (χ0) is 16.3. The molecule has 5 heteroatoms. The summed E-state index contributed by atoms with van der Waals surface area (Å²) in [6.07, 6.45) is 3.60. The van der Waals surface area contributed by atoms with Gasteiger partial charge in [-0.2, -0.15) is 0 Å². The first-order valence-electron chi connectivity index (χ1n) is 8.30. The van der Waals surface area contributed by atoms with Crippen LogP contribution in [-0.4, -0.2) is 47.7 Å². The normalized spacial score (nSPS) is 20.3. The second-order valence-corrected chi connectivity index (χ2v) is 6.49. The summed E-state index contributed by atoms with van der Waals surface area (Å²) in [5.41, 5.74) is 0.151. The highest BCUT2D eigenvalue weighted by molar-refractivity contribution is 6.04. The molecular weight excluding hydrogens is 294 g/mol. The Morgan fingerprint density at radius 2 is 1.83 bits per heavy atom. The van der Waals surface area contributed by atoms with Crippen LogP contribution in [0.15, 0.2) is 30.3 Å². The molecule has 2 aliphatic rings. The van der Waals surface area contributed by atoms with Crippen LogP contribution in [0.2, 0.25) is 0 Å². The minimum Gasteiger partial charge on any atom is -0.480 e. The van der Waals surface area contributed by atoms with Gasteiger partial charge in [-0.1, -0.05) is 30.3 Å². The van der Waals surface area contributed by atoms with Gasteiger partial charge in [-0.05, 0) is 37.7 Å². The number of hydrogen-bond acceptors (Lipinski definition) is 3. The van der Waals surface area contributed by atoms with E-state index >= 15 is 0 Å². The molecule has 5 nitrogen and oxygen atoms in total. The van der Waals surface area contributed by atoms with Crippen molar-refractivity contribution in [3.63, 3.8) is 0 Å².